The summed E-state index contributed by atoms with van der Waals surface area (Å²) in [6.07, 6.45) is 1.92. The van der Waals surface area contributed by atoms with E-state index in [4.69, 9.17) is 9.84 Å². The van der Waals surface area contributed by atoms with Crippen molar-refractivity contribution in [2.24, 2.45) is 0 Å². The normalized spacial score (nSPS) is 10.3. The van der Waals surface area contributed by atoms with Crippen LogP contribution in [-0.2, 0) is 6.61 Å². The Balaban J connectivity index is 2.19. The van der Waals surface area contributed by atoms with Gasteiger partial charge in [-0.3, -0.25) is 0 Å². The third-order valence-electron chi connectivity index (χ3n) is 2.76. The maximum Gasteiger partial charge on any atom is 0.338 e. The van der Waals surface area contributed by atoms with E-state index in [1.54, 1.807) is 6.07 Å². The second-order valence-electron chi connectivity index (χ2n) is 4.02. The second kappa shape index (κ2) is 6.43. The number of rotatable bonds is 5. The maximum absolute atomic E-state index is 13.9. The van der Waals surface area contributed by atoms with Gasteiger partial charge in [0.2, 0.25) is 0 Å². The SMILES string of the molecule is CSc1ccccc1OCc1cccc(C(=O)O)c1F. The van der Waals surface area contributed by atoms with Crippen LogP contribution < -0.4 is 4.74 Å². The molecule has 0 aliphatic rings. The first-order valence-electron chi connectivity index (χ1n) is 5.90. The van der Waals surface area contributed by atoms with Gasteiger partial charge in [0.25, 0.3) is 0 Å². The molecule has 2 rings (SSSR count). The summed E-state index contributed by atoms with van der Waals surface area (Å²) in [6, 6.07) is 11.7. The van der Waals surface area contributed by atoms with Gasteiger partial charge in [-0.2, -0.15) is 0 Å². The van der Waals surface area contributed by atoms with Gasteiger partial charge in [-0.15, -0.1) is 11.8 Å². The van der Waals surface area contributed by atoms with Crippen LogP contribution in [0.4, 0.5) is 4.39 Å². The molecule has 0 radical (unpaired) electrons. The van der Waals surface area contributed by atoms with Crippen molar-refractivity contribution in [2.45, 2.75) is 11.5 Å². The number of halogens is 1. The van der Waals surface area contributed by atoms with E-state index in [1.165, 1.54) is 30.0 Å². The Kier molecular flexibility index (Phi) is 4.63. The van der Waals surface area contributed by atoms with E-state index in [0.717, 1.165) is 4.90 Å². The highest BCUT2D eigenvalue weighted by Gasteiger charge is 2.14. The van der Waals surface area contributed by atoms with Crippen LogP contribution in [0.25, 0.3) is 0 Å². The first-order valence-corrected chi connectivity index (χ1v) is 7.12. The summed E-state index contributed by atoms with van der Waals surface area (Å²) in [5, 5.41) is 8.87. The molecule has 0 spiro atoms. The lowest BCUT2D eigenvalue weighted by atomic mass is 10.1. The number of benzene rings is 2. The molecule has 2 aromatic carbocycles. The molecule has 0 saturated carbocycles. The molecule has 3 nitrogen and oxygen atoms in total. The van der Waals surface area contributed by atoms with Crippen LogP contribution >= 0.6 is 11.8 Å². The van der Waals surface area contributed by atoms with Crippen molar-refractivity contribution in [2.75, 3.05) is 6.26 Å². The third-order valence-corrected chi connectivity index (χ3v) is 3.54. The number of para-hydroxylation sites is 1. The quantitative estimate of drug-likeness (QED) is 0.851. The molecule has 0 amide bonds. The maximum atomic E-state index is 13.9. The number of hydrogen-bond acceptors (Lipinski definition) is 3. The zero-order valence-electron chi connectivity index (χ0n) is 10.8. The fourth-order valence-electron chi connectivity index (χ4n) is 1.75. The first-order chi connectivity index (χ1) is 9.63. The van der Waals surface area contributed by atoms with Crippen molar-refractivity contribution in [3.8, 4) is 5.75 Å². The summed E-state index contributed by atoms with van der Waals surface area (Å²) in [6.45, 7) is -0.00940. The van der Waals surface area contributed by atoms with E-state index in [0.29, 0.717) is 5.75 Å². The number of carbonyl (C=O) groups is 1. The van der Waals surface area contributed by atoms with Gasteiger partial charge < -0.3 is 9.84 Å². The molecule has 20 heavy (non-hydrogen) atoms. The number of hydrogen-bond donors (Lipinski definition) is 1. The summed E-state index contributed by atoms with van der Waals surface area (Å²) < 4.78 is 19.5. The third kappa shape index (κ3) is 3.11. The summed E-state index contributed by atoms with van der Waals surface area (Å²) in [4.78, 5) is 11.8. The molecule has 0 atom stereocenters. The topological polar surface area (TPSA) is 46.5 Å². The minimum atomic E-state index is -1.28. The molecule has 0 aliphatic heterocycles. The molecule has 0 unspecified atom stereocenters. The smallest absolute Gasteiger partial charge is 0.338 e. The van der Waals surface area contributed by atoms with E-state index < -0.39 is 11.8 Å². The zero-order chi connectivity index (χ0) is 14.5. The molecule has 0 heterocycles. The largest absolute Gasteiger partial charge is 0.488 e. The van der Waals surface area contributed by atoms with E-state index in [2.05, 4.69) is 0 Å². The minimum Gasteiger partial charge on any atom is -0.488 e. The summed E-state index contributed by atoms with van der Waals surface area (Å²) in [5.74, 6) is -1.38. The van der Waals surface area contributed by atoms with Crippen molar-refractivity contribution in [1.82, 2.24) is 0 Å². The van der Waals surface area contributed by atoms with Gasteiger partial charge in [0.15, 0.2) is 0 Å². The lowest BCUT2D eigenvalue weighted by Gasteiger charge is -2.11. The standard InChI is InChI=1S/C15H13FO3S/c1-20-13-8-3-2-7-12(13)19-9-10-5-4-6-11(14(10)16)15(17)18/h2-8H,9H2,1H3,(H,17,18). The summed E-state index contributed by atoms with van der Waals surface area (Å²) >= 11 is 1.53. The van der Waals surface area contributed by atoms with Gasteiger partial charge >= 0.3 is 5.97 Å². The predicted molar refractivity (Wildman–Crippen MR) is 75.9 cm³/mol. The number of carboxylic acids is 1. The van der Waals surface area contributed by atoms with E-state index in [-0.39, 0.29) is 17.7 Å². The van der Waals surface area contributed by atoms with Crippen molar-refractivity contribution in [3.63, 3.8) is 0 Å². The molecule has 0 fully saturated rings. The lowest BCUT2D eigenvalue weighted by Crippen LogP contribution is -2.06. The average Bonchev–Trinajstić information content (AvgIpc) is 2.46. The monoisotopic (exact) mass is 292 g/mol. The molecule has 0 aliphatic carbocycles. The Morgan fingerprint density at radius 1 is 1.25 bits per heavy atom. The van der Waals surface area contributed by atoms with Crippen LogP contribution in [-0.4, -0.2) is 17.3 Å². The molecule has 0 bridgehead atoms. The number of ether oxygens (including phenoxy) is 1. The van der Waals surface area contributed by atoms with E-state index in [1.807, 2.05) is 24.5 Å². The van der Waals surface area contributed by atoms with Crippen LogP contribution in [0.2, 0.25) is 0 Å². The Labute approximate surface area is 120 Å². The van der Waals surface area contributed by atoms with Gasteiger partial charge in [0.05, 0.1) is 5.56 Å². The first kappa shape index (κ1) is 14.4. The van der Waals surface area contributed by atoms with Crippen LogP contribution in [0.5, 0.6) is 5.75 Å². The Morgan fingerprint density at radius 2 is 2.00 bits per heavy atom. The molecule has 5 heteroatoms. The molecule has 1 N–H and O–H groups in total. The van der Waals surface area contributed by atoms with Crippen LogP contribution in [0.1, 0.15) is 15.9 Å². The molecule has 104 valence electrons. The lowest BCUT2D eigenvalue weighted by molar-refractivity contribution is 0.0691. The van der Waals surface area contributed by atoms with Gasteiger partial charge in [-0.25, -0.2) is 9.18 Å². The molecular formula is C15H13FO3S. The van der Waals surface area contributed by atoms with Crippen LogP contribution in [0.3, 0.4) is 0 Å². The number of carboxylic acid groups (broad SMARTS) is 1. The minimum absolute atomic E-state index is 0.00940. The van der Waals surface area contributed by atoms with Gasteiger partial charge in [-0.1, -0.05) is 24.3 Å². The summed E-state index contributed by atoms with van der Waals surface area (Å²) in [5.41, 5.74) is -0.120. The van der Waals surface area contributed by atoms with E-state index in [9.17, 15) is 9.18 Å². The van der Waals surface area contributed by atoms with Gasteiger partial charge in [-0.05, 0) is 24.5 Å². The van der Waals surface area contributed by atoms with Crippen molar-refractivity contribution < 1.29 is 19.0 Å². The fraction of sp³-hybridized carbons (Fsp3) is 0.133. The Morgan fingerprint density at radius 3 is 2.70 bits per heavy atom. The highest BCUT2D eigenvalue weighted by atomic mass is 32.2. The number of aromatic carboxylic acids is 1. The van der Waals surface area contributed by atoms with Crippen LogP contribution in [0.15, 0.2) is 47.4 Å². The highest BCUT2D eigenvalue weighted by molar-refractivity contribution is 7.98. The van der Waals surface area contributed by atoms with Gasteiger partial charge in [0.1, 0.15) is 18.2 Å². The Hall–Kier alpha value is -2.01. The molecule has 0 saturated heterocycles. The fourth-order valence-corrected chi connectivity index (χ4v) is 2.29. The summed E-state index contributed by atoms with van der Waals surface area (Å²) in [7, 11) is 0. The van der Waals surface area contributed by atoms with Gasteiger partial charge in [0, 0.05) is 10.5 Å². The van der Waals surface area contributed by atoms with Crippen LogP contribution in [0, 0.1) is 5.82 Å². The average molecular weight is 292 g/mol. The second-order valence-corrected chi connectivity index (χ2v) is 4.87. The number of thioether (sulfide) groups is 1. The van der Waals surface area contributed by atoms with Crippen molar-refractivity contribution >= 4 is 17.7 Å². The molecular weight excluding hydrogens is 279 g/mol. The van der Waals surface area contributed by atoms with E-state index >= 15 is 0 Å². The van der Waals surface area contributed by atoms with Crippen molar-refractivity contribution in [1.29, 1.82) is 0 Å². The predicted octanol–water partition coefficient (Wildman–Crippen LogP) is 3.82. The van der Waals surface area contributed by atoms with Crippen molar-refractivity contribution in [3.05, 3.63) is 59.4 Å². The Bertz CT molecular complexity index is 628. The molecule has 0 aromatic heterocycles. The molecule has 2 aromatic rings. The zero-order valence-corrected chi connectivity index (χ0v) is 11.6. The highest BCUT2D eigenvalue weighted by Crippen LogP contribution is 2.28.